The van der Waals surface area contributed by atoms with Gasteiger partial charge < -0.3 is 10.5 Å². The molecule has 1 aromatic carbocycles. The van der Waals surface area contributed by atoms with Gasteiger partial charge in [0.2, 0.25) is 5.91 Å². The molecule has 128 valence electrons. The maximum absolute atomic E-state index is 13.0. The molecule has 1 aliphatic heterocycles. The van der Waals surface area contributed by atoms with Crippen LogP contribution in [0.15, 0.2) is 24.3 Å². The number of primary amides is 1. The molecule has 0 spiro atoms. The Morgan fingerprint density at radius 2 is 2.00 bits per heavy atom. The standard InChI is InChI=1S/C15H21FN2O4S/c16-13-3-1-12(2-4-13)14-11-18(6-8-22-14)7-10-23(20,21)9-5-15(17)19/h1-4,14H,5-11H2,(H2,17,19)/t14-/m0/s1. The normalized spacial score (nSPS) is 19.6. The van der Waals surface area contributed by atoms with Crippen LogP contribution in [0.25, 0.3) is 0 Å². The predicted octanol–water partition coefficient (Wildman–Crippen LogP) is 0.489. The van der Waals surface area contributed by atoms with E-state index in [1.807, 2.05) is 4.90 Å². The quantitative estimate of drug-likeness (QED) is 0.777. The molecule has 2 N–H and O–H groups in total. The Morgan fingerprint density at radius 1 is 1.30 bits per heavy atom. The van der Waals surface area contributed by atoms with Crippen molar-refractivity contribution >= 4 is 15.7 Å². The maximum atomic E-state index is 13.0. The number of ether oxygens (including phenoxy) is 1. The fourth-order valence-corrected chi connectivity index (χ4v) is 3.66. The highest BCUT2D eigenvalue weighted by molar-refractivity contribution is 7.91. The summed E-state index contributed by atoms with van der Waals surface area (Å²) >= 11 is 0. The first-order chi connectivity index (χ1) is 10.9. The van der Waals surface area contributed by atoms with E-state index in [1.165, 1.54) is 12.1 Å². The number of nitrogens with zero attached hydrogens (tertiary/aromatic N) is 1. The van der Waals surface area contributed by atoms with Crippen LogP contribution < -0.4 is 5.73 Å². The highest BCUT2D eigenvalue weighted by Crippen LogP contribution is 2.22. The van der Waals surface area contributed by atoms with Crippen molar-refractivity contribution in [2.24, 2.45) is 5.73 Å². The summed E-state index contributed by atoms with van der Waals surface area (Å²) in [6, 6.07) is 6.11. The molecule has 0 aliphatic carbocycles. The first-order valence-electron chi connectivity index (χ1n) is 7.44. The van der Waals surface area contributed by atoms with Gasteiger partial charge in [0.05, 0.1) is 24.2 Å². The lowest BCUT2D eigenvalue weighted by Crippen LogP contribution is -2.41. The Kier molecular flexibility index (Phi) is 6.09. The van der Waals surface area contributed by atoms with Crippen LogP contribution >= 0.6 is 0 Å². The van der Waals surface area contributed by atoms with Gasteiger partial charge in [-0.2, -0.15) is 0 Å². The number of nitrogens with two attached hydrogens (primary N) is 1. The summed E-state index contributed by atoms with van der Waals surface area (Å²) < 4.78 is 42.3. The number of benzene rings is 1. The van der Waals surface area contributed by atoms with Crippen LogP contribution in [0.5, 0.6) is 0 Å². The van der Waals surface area contributed by atoms with Crippen molar-refractivity contribution < 1.29 is 22.3 Å². The second-order valence-electron chi connectivity index (χ2n) is 5.58. The minimum atomic E-state index is -3.30. The van der Waals surface area contributed by atoms with E-state index in [4.69, 9.17) is 10.5 Å². The minimum absolute atomic E-state index is 0.0174. The van der Waals surface area contributed by atoms with Gasteiger partial charge in [0.15, 0.2) is 9.84 Å². The van der Waals surface area contributed by atoms with Crippen molar-refractivity contribution in [1.29, 1.82) is 0 Å². The van der Waals surface area contributed by atoms with Gasteiger partial charge in [-0.3, -0.25) is 9.69 Å². The van der Waals surface area contributed by atoms with E-state index >= 15 is 0 Å². The zero-order valence-corrected chi connectivity index (χ0v) is 13.6. The minimum Gasteiger partial charge on any atom is -0.371 e. The maximum Gasteiger partial charge on any atom is 0.218 e. The molecule has 0 saturated carbocycles. The predicted molar refractivity (Wildman–Crippen MR) is 84.0 cm³/mol. The molecule has 0 radical (unpaired) electrons. The molecular formula is C15H21FN2O4S. The Hall–Kier alpha value is -1.51. The molecule has 1 heterocycles. The number of rotatable bonds is 7. The van der Waals surface area contributed by atoms with E-state index in [2.05, 4.69) is 0 Å². The Balaban J connectivity index is 1.86. The molecule has 1 saturated heterocycles. The second kappa shape index (κ2) is 7.85. The molecule has 8 heteroatoms. The fraction of sp³-hybridized carbons (Fsp3) is 0.533. The third kappa shape index (κ3) is 5.89. The molecule has 1 aliphatic rings. The summed E-state index contributed by atoms with van der Waals surface area (Å²) in [7, 11) is -3.30. The van der Waals surface area contributed by atoms with Gasteiger partial charge in [-0.25, -0.2) is 12.8 Å². The summed E-state index contributed by atoms with van der Waals surface area (Å²) in [4.78, 5) is 12.7. The van der Waals surface area contributed by atoms with Crippen molar-refractivity contribution in [1.82, 2.24) is 4.90 Å². The van der Waals surface area contributed by atoms with E-state index in [0.29, 0.717) is 26.2 Å². The zero-order chi connectivity index (χ0) is 16.9. The van der Waals surface area contributed by atoms with Crippen LogP contribution in [0.3, 0.4) is 0 Å². The van der Waals surface area contributed by atoms with Crippen molar-refractivity contribution in [3.63, 3.8) is 0 Å². The molecule has 1 amide bonds. The summed E-state index contributed by atoms with van der Waals surface area (Å²) in [5.41, 5.74) is 5.84. The average molecular weight is 344 g/mol. The van der Waals surface area contributed by atoms with Crippen molar-refractivity contribution in [2.45, 2.75) is 12.5 Å². The summed E-state index contributed by atoms with van der Waals surface area (Å²) in [6.07, 6.45) is -0.346. The highest BCUT2D eigenvalue weighted by Gasteiger charge is 2.23. The molecule has 6 nitrogen and oxygen atoms in total. The van der Waals surface area contributed by atoms with E-state index in [-0.39, 0.29) is 29.8 Å². The van der Waals surface area contributed by atoms with E-state index in [9.17, 15) is 17.6 Å². The second-order valence-corrected chi connectivity index (χ2v) is 7.88. The number of amides is 1. The average Bonchev–Trinajstić information content (AvgIpc) is 2.52. The van der Waals surface area contributed by atoms with Crippen LogP contribution in [0.2, 0.25) is 0 Å². The van der Waals surface area contributed by atoms with Crippen LogP contribution in [-0.2, 0) is 19.4 Å². The van der Waals surface area contributed by atoms with Crippen LogP contribution in [-0.4, -0.2) is 57.0 Å². The summed E-state index contributed by atoms with van der Waals surface area (Å²) in [5, 5.41) is 0. The van der Waals surface area contributed by atoms with Crippen LogP contribution in [0.4, 0.5) is 4.39 Å². The molecule has 23 heavy (non-hydrogen) atoms. The number of morpholine rings is 1. The summed E-state index contributed by atoms with van der Waals surface area (Å²) in [5.74, 6) is -1.15. The van der Waals surface area contributed by atoms with Crippen molar-refractivity contribution in [3.8, 4) is 0 Å². The van der Waals surface area contributed by atoms with E-state index < -0.39 is 15.7 Å². The van der Waals surface area contributed by atoms with Gasteiger partial charge in [0.1, 0.15) is 5.82 Å². The number of halogens is 1. The molecule has 0 unspecified atom stereocenters. The van der Waals surface area contributed by atoms with Gasteiger partial charge >= 0.3 is 0 Å². The van der Waals surface area contributed by atoms with Gasteiger partial charge in [0.25, 0.3) is 0 Å². The van der Waals surface area contributed by atoms with E-state index in [0.717, 1.165) is 5.56 Å². The van der Waals surface area contributed by atoms with Crippen LogP contribution in [0, 0.1) is 5.82 Å². The third-order valence-electron chi connectivity index (χ3n) is 3.77. The first-order valence-corrected chi connectivity index (χ1v) is 9.26. The van der Waals surface area contributed by atoms with Gasteiger partial charge in [-0.1, -0.05) is 12.1 Å². The molecule has 1 atom stereocenters. The largest absolute Gasteiger partial charge is 0.371 e. The number of hydrogen-bond acceptors (Lipinski definition) is 5. The van der Waals surface area contributed by atoms with Gasteiger partial charge in [-0.05, 0) is 17.7 Å². The Morgan fingerprint density at radius 3 is 2.65 bits per heavy atom. The summed E-state index contributed by atoms with van der Waals surface area (Å²) in [6.45, 7) is 2.06. The molecule has 1 fully saturated rings. The topological polar surface area (TPSA) is 89.7 Å². The zero-order valence-electron chi connectivity index (χ0n) is 12.8. The molecular weight excluding hydrogens is 323 g/mol. The van der Waals surface area contributed by atoms with Crippen LogP contribution in [0.1, 0.15) is 18.1 Å². The fourth-order valence-electron chi connectivity index (χ4n) is 2.41. The number of sulfone groups is 1. The smallest absolute Gasteiger partial charge is 0.218 e. The molecule has 1 aromatic rings. The first kappa shape index (κ1) is 17.8. The van der Waals surface area contributed by atoms with Crippen molar-refractivity contribution in [2.75, 3.05) is 37.7 Å². The van der Waals surface area contributed by atoms with Gasteiger partial charge in [0, 0.05) is 26.1 Å². The Bertz CT molecular complexity index is 633. The lowest BCUT2D eigenvalue weighted by molar-refractivity contribution is -0.117. The molecule has 0 aromatic heterocycles. The molecule has 2 rings (SSSR count). The highest BCUT2D eigenvalue weighted by atomic mass is 32.2. The van der Waals surface area contributed by atoms with E-state index in [1.54, 1.807) is 12.1 Å². The monoisotopic (exact) mass is 344 g/mol. The number of carbonyl (C=O) groups is 1. The lowest BCUT2D eigenvalue weighted by Gasteiger charge is -2.33. The third-order valence-corrected chi connectivity index (χ3v) is 5.40. The van der Waals surface area contributed by atoms with Gasteiger partial charge in [-0.15, -0.1) is 0 Å². The SMILES string of the molecule is NC(=O)CCS(=O)(=O)CCN1CCO[C@H](c2ccc(F)cc2)C1. The number of hydrogen-bond donors (Lipinski definition) is 1. The Labute approximate surface area is 135 Å². The lowest BCUT2D eigenvalue weighted by atomic mass is 10.1. The van der Waals surface area contributed by atoms with Crippen molar-refractivity contribution in [3.05, 3.63) is 35.6 Å². The number of carbonyl (C=O) groups excluding carboxylic acids is 1. The molecule has 0 bridgehead atoms.